The molecule has 0 amide bonds. The van der Waals surface area contributed by atoms with Gasteiger partial charge in [-0.1, -0.05) is 0 Å². The average molecular weight is 122 g/mol. The first-order valence-corrected chi connectivity index (χ1v) is 2.54. The average Bonchev–Trinajstić information content (AvgIpc) is 1.58. The van der Waals surface area contributed by atoms with Crippen molar-refractivity contribution in [3.8, 4) is 0 Å². The minimum absolute atomic E-state index is 0.432. The molecule has 0 atom stereocenters. The van der Waals surface area contributed by atoms with Gasteiger partial charge in [0, 0.05) is 0 Å². The summed E-state index contributed by atoms with van der Waals surface area (Å²) in [6, 6.07) is 0. The van der Waals surface area contributed by atoms with Crippen molar-refractivity contribution in [2.45, 2.75) is 6.29 Å². The van der Waals surface area contributed by atoms with Gasteiger partial charge in [-0.25, -0.2) is 8.37 Å². The third kappa shape index (κ3) is 0.846. The molecule has 1 aliphatic rings. The first-order valence-electron chi connectivity index (χ1n) is 1.54. The summed E-state index contributed by atoms with van der Waals surface area (Å²) in [6.07, 6.45) is -0.456. The minimum Gasteiger partial charge on any atom is -0.298 e. The fourth-order valence-electron chi connectivity index (χ4n) is 0.207. The van der Waals surface area contributed by atoms with Crippen LogP contribution in [0.15, 0.2) is 0 Å². The third-order valence-electron chi connectivity index (χ3n) is 0.458. The van der Waals surface area contributed by atoms with Crippen molar-refractivity contribution in [3.05, 3.63) is 0 Å². The number of carbonyl (C=O) groups is 1. The summed E-state index contributed by atoms with van der Waals surface area (Å²) in [6.45, 7) is 0. The first kappa shape index (κ1) is 4.89. The minimum atomic E-state index is -1.65. The van der Waals surface area contributed by atoms with Crippen LogP contribution in [0.4, 0.5) is 0 Å². The van der Waals surface area contributed by atoms with E-state index in [4.69, 9.17) is 0 Å². The molecule has 0 saturated carbocycles. The van der Waals surface area contributed by atoms with Crippen LogP contribution in [0.25, 0.3) is 0 Å². The summed E-state index contributed by atoms with van der Waals surface area (Å²) >= 11 is -1.65. The van der Waals surface area contributed by atoms with Gasteiger partial charge < -0.3 is 0 Å². The van der Waals surface area contributed by atoms with Crippen molar-refractivity contribution < 1.29 is 17.4 Å². The van der Waals surface area contributed by atoms with Gasteiger partial charge in [0.25, 0.3) is 0 Å². The fourth-order valence-corrected chi connectivity index (χ4v) is 0.622. The molecule has 40 valence electrons. The maximum absolute atomic E-state index is 9.78. The lowest BCUT2D eigenvalue weighted by Crippen LogP contribution is -2.32. The van der Waals surface area contributed by atoms with E-state index in [9.17, 15) is 9.00 Å². The van der Waals surface area contributed by atoms with E-state index in [1.54, 1.807) is 0 Å². The van der Waals surface area contributed by atoms with E-state index in [0.29, 0.717) is 6.29 Å². The van der Waals surface area contributed by atoms with Gasteiger partial charge in [0.05, 0.1) is 0 Å². The molecule has 1 fully saturated rings. The molecular formula is C2H2O4S. The first-order chi connectivity index (χ1) is 3.33. The van der Waals surface area contributed by atoms with Crippen LogP contribution < -0.4 is 0 Å². The van der Waals surface area contributed by atoms with Crippen molar-refractivity contribution >= 4 is 17.6 Å². The van der Waals surface area contributed by atoms with Crippen molar-refractivity contribution in [2.24, 2.45) is 0 Å². The number of hydrogen-bond acceptors (Lipinski definition) is 4. The van der Waals surface area contributed by atoms with Gasteiger partial charge in [-0.05, 0) is 0 Å². The van der Waals surface area contributed by atoms with Gasteiger partial charge in [-0.2, -0.15) is 4.21 Å². The highest BCUT2D eigenvalue weighted by molar-refractivity contribution is 7.76. The van der Waals surface area contributed by atoms with Gasteiger partial charge >= 0.3 is 11.4 Å². The molecule has 1 aliphatic heterocycles. The molecule has 0 bridgehead atoms. The van der Waals surface area contributed by atoms with Crippen LogP contribution in [0.5, 0.6) is 0 Å². The molecule has 1 rings (SSSR count). The van der Waals surface area contributed by atoms with E-state index in [1.807, 2.05) is 0 Å². The molecule has 0 aromatic rings. The van der Waals surface area contributed by atoms with Crippen LogP contribution in [0.1, 0.15) is 0 Å². The molecule has 0 unspecified atom stereocenters. The molecule has 0 aliphatic carbocycles. The van der Waals surface area contributed by atoms with Crippen LogP contribution in [0.3, 0.4) is 0 Å². The molecule has 0 aromatic heterocycles. The monoisotopic (exact) mass is 122 g/mol. The van der Waals surface area contributed by atoms with E-state index < -0.39 is 17.7 Å². The highest BCUT2D eigenvalue weighted by Crippen LogP contribution is 2.09. The summed E-state index contributed by atoms with van der Waals surface area (Å²) in [4.78, 5) is 9.55. The molecule has 4 nitrogen and oxygen atoms in total. The van der Waals surface area contributed by atoms with Crippen LogP contribution in [-0.4, -0.2) is 16.8 Å². The van der Waals surface area contributed by atoms with E-state index >= 15 is 0 Å². The Balaban J connectivity index is 2.29. The van der Waals surface area contributed by atoms with Crippen molar-refractivity contribution in [1.82, 2.24) is 0 Å². The van der Waals surface area contributed by atoms with Crippen molar-refractivity contribution in [1.29, 1.82) is 0 Å². The number of carbonyl (C=O) groups excluding carboxylic acids is 1. The van der Waals surface area contributed by atoms with E-state index in [2.05, 4.69) is 8.37 Å². The van der Waals surface area contributed by atoms with Crippen molar-refractivity contribution in [2.75, 3.05) is 0 Å². The molecule has 0 spiro atoms. The number of rotatable bonds is 1. The van der Waals surface area contributed by atoms with E-state index in [-0.39, 0.29) is 0 Å². The molecular weight excluding hydrogens is 120 g/mol. The van der Waals surface area contributed by atoms with Gasteiger partial charge in [0.2, 0.25) is 6.29 Å². The zero-order chi connectivity index (χ0) is 5.28. The van der Waals surface area contributed by atoms with Crippen LogP contribution in [0.2, 0.25) is 0 Å². The Labute approximate surface area is 42.3 Å². The predicted octanol–water partition coefficient (Wildman–Crippen LogP) is -0.863. The molecule has 1 heterocycles. The fraction of sp³-hybridized carbons (Fsp3) is 0.500. The number of hydrogen-bond donors (Lipinski definition) is 0. The lowest BCUT2D eigenvalue weighted by atomic mass is 10.8. The summed E-state index contributed by atoms with van der Waals surface area (Å²) < 4.78 is 18.1. The quantitative estimate of drug-likeness (QED) is 0.424. The van der Waals surface area contributed by atoms with Gasteiger partial charge in [-0.3, -0.25) is 4.79 Å². The SMILES string of the molecule is O=CC1OS(=O)O1. The standard InChI is InChI=1S/C2H2O4S/c3-1-2-5-7(4)6-2/h1-2H. The molecule has 1 saturated heterocycles. The summed E-state index contributed by atoms with van der Waals surface area (Å²) in [5.41, 5.74) is 0. The maximum Gasteiger partial charge on any atom is 0.310 e. The second-order valence-electron chi connectivity index (χ2n) is 0.901. The lowest BCUT2D eigenvalue weighted by Gasteiger charge is -2.16. The van der Waals surface area contributed by atoms with E-state index in [1.165, 1.54) is 0 Å². The second kappa shape index (κ2) is 1.69. The Kier molecular flexibility index (Phi) is 1.18. The molecule has 0 radical (unpaired) electrons. The van der Waals surface area contributed by atoms with Crippen LogP contribution in [-0.2, 0) is 24.5 Å². The molecule has 0 aromatic carbocycles. The summed E-state index contributed by atoms with van der Waals surface area (Å²) in [5, 5.41) is 0. The third-order valence-corrected chi connectivity index (χ3v) is 1.15. The predicted molar refractivity (Wildman–Crippen MR) is 20.2 cm³/mol. The lowest BCUT2D eigenvalue weighted by molar-refractivity contribution is -0.134. The topological polar surface area (TPSA) is 52.6 Å². The van der Waals surface area contributed by atoms with E-state index in [0.717, 1.165) is 0 Å². The van der Waals surface area contributed by atoms with Gasteiger partial charge in [0.15, 0.2) is 6.29 Å². The van der Waals surface area contributed by atoms with Crippen LogP contribution in [0, 0.1) is 0 Å². The van der Waals surface area contributed by atoms with Crippen LogP contribution >= 0.6 is 0 Å². The Hall–Kier alpha value is -0.260. The zero-order valence-corrected chi connectivity index (χ0v) is 4.01. The van der Waals surface area contributed by atoms with Gasteiger partial charge in [0.1, 0.15) is 0 Å². The highest BCUT2D eigenvalue weighted by atomic mass is 32.2. The molecule has 7 heavy (non-hydrogen) atoms. The molecule has 0 N–H and O–H groups in total. The highest BCUT2D eigenvalue weighted by Gasteiger charge is 2.26. The second-order valence-corrected chi connectivity index (χ2v) is 1.69. The van der Waals surface area contributed by atoms with Gasteiger partial charge in [-0.15, -0.1) is 0 Å². The summed E-state index contributed by atoms with van der Waals surface area (Å²) in [7, 11) is 0. The Bertz CT molecular complexity index is 102. The summed E-state index contributed by atoms with van der Waals surface area (Å²) in [5.74, 6) is 0. The smallest absolute Gasteiger partial charge is 0.298 e. The maximum atomic E-state index is 9.78. The normalized spacial score (nSPS) is 39.4. The largest absolute Gasteiger partial charge is 0.310 e. The zero-order valence-electron chi connectivity index (χ0n) is 3.20. The molecule has 5 heteroatoms. The Morgan fingerprint density at radius 3 is 2.29 bits per heavy atom. The Morgan fingerprint density at radius 1 is 1.57 bits per heavy atom. The Morgan fingerprint density at radius 2 is 2.14 bits per heavy atom. The number of aldehydes is 1. The van der Waals surface area contributed by atoms with Crippen molar-refractivity contribution in [3.63, 3.8) is 0 Å².